The third-order valence-electron chi connectivity index (χ3n) is 12.1. The molecule has 0 saturated carbocycles. The minimum absolute atomic E-state index is 0.0391. The van der Waals surface area contributed by atoms with E-state index in [4.69, 9.17) is 9.84 Å². The van der Waals surface area contributed by atoms with E-state index in [2.05, 4.69) is 50.3 Å². The Hall–Kier alpha value is -2.05. The van der Waals surface area contributed by atoms with E-state index in [1.807, 2.05) is 0 Å². The van der Waals surface area contributed by atoms with Crippen LogP contribution in [-0.4, -0.2) is 47.1 Å². The zero-order chi connectivity index (χ0) is 44.5. The van der Waals surface area contributed by atoms with Crippen molar-refractivity contribution in [3.8, 4) is 0 Å². The molecule has 0 aromatic heterocycles. The van der Waals surface area contributed by atoms with Crippen molar-refractivity contribution in [3.63, 3.8) is 0 Å². The fraction of sp³-hybridized carbons (Fsp3) is 0.836. The Labute approximate surface area is 378 Å². The maximum absolute atomic E-state index is 13.1. The van der Waals surface area contributed by atoms with E-state index in [9.17, 15) is 19.5 Å². The van der Waals surface area contributed by atoms with Gasteiger partial charge >= 0.3 is 5.97 Å². The van der Waals surface area contributed by atoms with Gasteiger partial charge in [0.15, 0.2) is 0 Å². The van der Waals surface area contributed by atoms with E-state index < -0.39 is 24.6 Å². The zero-order valence-corrected chi connectivity index (χ0v) is 40.3. The van der Waals surface area contributed by atoms with Crippen LogP contribution in [0.3, 0.4) is 0 Å². The third kappa shape index (κ3) is 44.4. The van der Waals surface area contributed by atoms with Gasteiger partial charge in [-0.3, -0.25) is 14.4 Å². The summed E-state index contributed by atoms with van der Waals surface area (Å²) in [6, 6.07) is 0. The average Bonchev–Trinajstić information content (AvgIpc) is 3.26. The fourth-order valence-electron chi connectivity index (χ4n) is 7.98. The number of ketones is 2. The summed E-state index contributed by atoms with van der Waals surface area (Å²) in [5.74, 6) is -0.899. The number of unbranched alkanes of at least 4 members (excludes halogenated alkanes) is 30. The van der Waals surface area contributed by atoms with Crippen molar-refractivity contribution >= 4 is 17.5 Å². The van der Waals surface area contributed by atoms with Gasteiger partial charge in [-0.05, 0) is 83.5 Å². The summed E-state index contributed by atoms with van der Waals surface area (Å²) < 4.78 is 5.23. The van der Waals surface area contributed by atoms with Crippen molar-refractivity contribution in [2.45, 2.75) is 277 Å². The highest BCUT2D eigenvalue weighted by Gasteiger charge is 2.27. The van der Waals surface area contributed by atoms with Crippen molar-refractivity contribution < 1.29 is 29.3 Å². The van der Waals surface area contributed by atoms with Gasteiger partial charge in [-0.1, -0.05) is 204 Å². The van der Waals surface area contributed by atoms with Gasteiger partial charge in [0.05, 0.1) is 6.61 Å². The summed E-state index contributed by atoms with van der Waals surface area (Å²) in [7, 11) is 0. The number of aliphatic hydroxyl groups is 2. The molecule has 0 spiro atoms. The van der Waals surface area contributed by atoms with Crippen molar-refractivity contribution in [2.24, 2.45) is 5.92 Å². The molecule has 0 aliphatic heterocycles. The van der Waals surface area contributed by atoms with Crippen LogP contribution >= 0.6 is 0 Å². The van der Waals surface area contributed by atoms with Crippen LogP contribution in [0.5, 0.6) is 0 Å². The number of hydrogen-bond donors (Lipinski definition) is 2. The molecule has 0 aromatic rings. The molecule has 0 heterocycles. The summed E-state index contributed by atoms with van der Waals surface area (Å²) in [5, 5.41) is 18.7. The molecule has 0 saturated heterocycles. The number of esters is 1. The first-order valence-corrected chi connectivity index (χ1v) is 26.4. The van der Waals surface area contributed by atoms with E-state index >= 15 is 0 Å². The zero-order valence-electron chi connectivity index (χ0n) is 40.3. The summed E-state index contributed by atoms with van der Waals surface area (Å²) in [6.07, 6.45) is 58.2. The van der Waals surface area contributed by atoms with Crippen molar-refractivity contribution in [2.75, 3.05) is 13.2 Å². The Balaban J connectivity index is 3.85. The summed E-state index contributed by atoms with van der Waals surface area (Å²) >= 11 is 0. The first kappa shape index (κ1) is 58.9. The van der Waals surface area contributed by atoms with E-state index in [1.165, 1.54) is 154 Å². The van der Waals surface area contributed by atoms with Gasteiger partial charge in [0.2, 0.25) is 0 Å². The van der Waals surface area contributed by atoms with Crippen molar-refractivity contribution in [1.29, 1.82) is 0 Å². The maximum atomic E-state index is 13.1. The van der Waals surface area contributed by atoms with Gasteiger partial charge in [-0.25, -0.2) is 0 Å². The lowest BCUT2D eigenvalue weighted by Crippen LogP contribution is -2.30. The van der Waals surface area contributed by atoms with E-state index in [0.29, 0.717) is 18.6 Å². The summed E-state index contributed by atoms with van der Waals surface area (Å²) in [5.41, 5.74) is 0. The summed E-state index contributed by atoms with van der Waals surface area (Å²) in [6.45, 7) is 3.76. The Bertz CT molecular complexity index is 1050. The number of allylic oxidation sites excluding steroid dienone is 6. The number of carbonyl (C=O) groups is 3. The van der Waals surface area contributed by atoms with Crippen LogP contribution in [0.2, 0.25) is 0 Å². The molecule has 0 aliphatic rings. The van der Waals surface area contributed by atoms with E-state index in [1.54, 1.807) is 0 Å². The highest BCUT2D eigenvalue weighted by atomic mass is 16.5. The van der Waals surface area contributed by atoms with Crippen LogP contribution in [-0.2, 0) is 19.1 Å². The van der Waals surface area contributed by atoms with Gasteiger partial charge in [0, 0.05) is 19.3 Å². The molecule has 356 valence electrons. The first-order chi connectivity index (χ1) is 30.0. The third-order valence-corrected chi connectivity index (χ3v) is 12.1. The van der Waals surface area contributed by atoms with Crippen LogP contribution in [0, 0.1) is 5.92 Å². The molecule has 0 rings (SSSR count). The number of aliphatic hydroxyl groups excluding tert-OH is 2. The first-order valence-electron chi connectivity index (χ1n) is 26.4. The van der Waals surface area contributed by atoms with Gasteiger partial charge in [0.25, 0.3) is 0 Å². The second kappa shape index (κ2) is 49.0. The van der Waals surface area contributed by atoms with Crippen molar-refractivity contribution in [3.05, 3.63) is 36.5 Å². The molecule has 0 radical (unpaired) electrons. The van der Waals surface area contributed by atoms with Gasteiger partial charge in [-0.2, -0.15) is 0 Å². The minimum Gasteiger partial charge on any atom is -0.462 e. The second-order valence-electron chi connectivity index (χ2n) is 18.1. The standard InChI is InChI=1S/C55H100O6/c1-3-5-7-9-11-13-15-17-18-22-25-29-33-37-41-45-51(57)46-42-38-34-30-26-23-19-20-24-27-31-35-39-43-47-53(55(60)61-50-52(58)49-56)54(59)48-44-40-36-32-28-21-16-14-12-10-8-6-4-2/h11,13,17-18,20,24,52-53,56,58H,3-10,12,14-16,19,21-23,25-50H2,1-2H3. The SMILES string of the molecule is CCCCCC=CCC=CCCCCCCCC(=O)CCCCCCCCC=CCCCCCCC(C(=O)CCCCCCCCCCCCCCC)C(=O)OCC(O)CO. The Kier molecular flexibility index (Phi) is 47.3. The average molecular weight is 857 g/mol. The molecule has 0 bridgehead atoms. The highest BCUT2D eigenvalue weighted by Crippen LogP contribution is 2.20. The molecule has 0 aromatic carbocycles. The van der Waals surface area contributed by atoms with Gasteiger partial charge in [-0.15, -0.1) is 0 Å². The number of carbonyl (C=O) groups excluding carboxylic acids is 3. The van der Waals surface area contributed by atoms with Crippen molar-refractivity contribution in [1.82, 2.24) is 0 Å². The second-order valence-corrected chi connectivity index (χ2v) is 18.1. The summed E-state index contributed by atoms with van der Waals surface area (Å²) in [4.78, 5) is 38.1. The minimum atomic E-state index is -1.11. The lowest BCUT2D eigenvalue weighted by atomic mass is 9.93. The molecule has 0 aliphatic carbocycles. The fourth-order valence-corrected chi connectivity index (χ4v) is 7.98. The number of ether oxygens (including phenoxy) is 1. The molecule has 6 heteroatoms. The predicted octanol–water partition coefficient (Wildman–Crippen LogP) is 15.9. The van der Waals surface area contributed by atoms with Crippen LogP contribution in [0.1, 0.15) is 271 Å². The number of Topliss-reactive ketones (excluding diaryl/α,β-unsaturated/α-hetero) is 2. The number of hydrogen-bond acceptors (Lipinski definition) is 6. The molecule has 0 amide bonds. The van der Waals surface area contributed by atoms with Crippen LogP contribution in [0.15, 0.2) is 36.5 Å². The molecular weight excluding hydrogens is 757 g/mol. The Morgan fingerprint density at radius 3 is 1.23 bits per heavy atom. The molecular formula is C55H100O6. The molecule has 6 nitrogen and oxygen atoms in total. The number of rotatable bonds is 49. The van der Waals surface area contributed by atoms with E-state index in [0.717, 1.165) is 89.9 Å². The molecule has 61 heavy (non-hydrogen) atoms. The lowest BCUT2D eigenvalue weighted by molar-refractivity contribution is -0.155. The maximum Gasteiger partial charge on any atom is 0.316 e. The highest BCUT2D eigenvalue weighted by molar-refractivity contribution is 5.98. The monoisotopic (exact) mass is 857 g/mol. The lowest BCUT2D eigenvalue weighted by Gasteiger charge is -2.16. The normalized spacial score (nSPS) is 12.9. The molecule has 2 unspecified atom stereocenters. The topological polar surface area (TPSA) is 101 Å². The van der Waals surface area contributed by atoms with E-state index in [-0.39, 0.29) is 12.4 Å². The van der Waals surface area contributed by atoms with Crippen LogP contribution in [0.4, 0.5) is 0 Å². The molecule has 2 atom stereocenters. The van der Waals surface area contributed by atoms with Gasteiger partial charge < -0.3 is 14.9 Å². The predicted molar refractivity (Wildman–Crippen MR) is 261 cm³/mol. The molecule has 2 N–H and O–H groups in total. The quantitative estimate of drug-likeness (QED) is 0.0274. The van der Waals surface area contributed by atoms with Crippen LogP contribution in [0.25, 0.3) is 0 Å². The smallest absolute Gasteiger partial charge is 0.316 e. The van der Waals surface area contributed by atoms with Gasteiger partial charge in [0.1, 0.15) is 30.2 Å². The Morgan fingerprint density at radius 2 is 0.787 bits per heavy atom. The molecule has 0 fully saturated rings. The van der Waals surface area contributed by atoms with Crippen LogP contribution < -0.4 is 0 Å². The largest absolute Gasteiger partial charge is 0.462 e. The Morgan fingerprint density at radius 1 is 0.443 bits per heavy atom.